The summed E-state index contributed by atoms with van der Waals surface area (Å²) in [6.45, 7) is 0. The van der Waals surface area contributed by atoms with Gasteiger partial charge < -0.3 is 5.32 Å². The molecule has 1 heterocycles. The Hall–Kier alpha value is -6.19. The van der Waals surface area contributed by atoms with E-state index in [1.807, 2.05) is 0 Å². The first-order chi connectivity index (χ1) is 19.0. The highest BCUT2D eigenvalue weighted by atomic mass is 16.6. The third-order valence-electron chi connectivity index (χ3n) is 5.60. The maximum Gasteiger partial charge on any atom is 0.293 e. The number of rotatable bonds is 8. The second-order valence-corrected chi connectivity index (χ2v) is 8.08. The molecule has 3 aromatic carbocycles. The lowest BCUT2D eigenvalue weighted by Crippen LogP contribution is -2.41. The highest BCUT2D eigenvalue weighted by Gasteiger charge is 2.47. The standard InChI is InChI=1S/C24H14N6O10/c31-21(22(32)25-17-8-4-5-9-18(17)30(39)40)19-20(13-6-2-1-3-7-13)26-27(24(19)34)23(33)14-10-15(28(35)36)12-16(11-14)29(37)38/h1-12,19H,(H,25,32)/t19-/m0/s1. The zero-order valence-electron chi connectivity index (χ0n) is 19.8. The van der Waals surface area contributed by atoms with E-state index in [9.17, 15) is 49.5 Å². The third kappa shape index (κ3) is 5.12. The number of nitrogens with zero attached hydrogens (tertiary/aromatic N) is 5. The molecule has 0 unspecified atom stereocenters. The van der Waals surface area contributed by atoms with Gasteiger partial charge in [0.25, 0.3) is 34.8 Å². The quantitative estimate of drug-likeness (QED) is 0.143. The van der Waals surface area contributed by atoms with Gasteiger partial charge in [0, 0.05) is 18.2 Å². The monoisotopic (exact) mass is 546 g/mol. The fourth-order valence-electron chi connectivity index (χ4n) is 3.77. The zero-order chi connectivity index (χ0) is 29.1. The molecular formula is C24H14N6O10. The summed E-state index contributed by atoms with van der Waals surface area (Å²) in [6.07, 6.45) is 0. The van der Waals surface area contributed by atoms with Crippen molar-refractivity contribution >= 4 is 52.0 Å². The minimum Gasteiger partial charge on any atom is -0.314 e. The van der Waals surface area contributed by atoms with Gasteiger partial charge in [-0.2, -0.15) is 10.1 Å². The fourth-order valence-corrected chi connectivity index (χ4v) is 3.77. The number of hydrazone groups is 1. The van der Waals surface area contributed by atoms with Gasteiger partial charge in [-0.25, -0.2) is 0 Å². The van der Waals surface area contributed by atoms with Crippen molar-refractivity contribution in [2.75, 3.05) is 5.32 Å². The number of amides is 3. The number of non-ortho nitro benzene ring substituents is 2. The smallest absolute Gasteiger partial charge is 0.293 e. The van der Waals surface area contributed by atoms with E-state index in [4.69, 9.17) is 0 Å². The van der Waals surface area contributed by atoms with Gasteiger partial charge in [-0.05, 0) is 11.6 Å². The van der Waals surface area contributed by atoms with Crippen LogP contribution >= 0.6 is 0 Å². The van der Waals surface area contributed by atoms with Crippen molar-refractivity contribution in [3.05, 3.63) is 114 Å². The topological polar surface area (TPSA) is 225 Å². The van der Waals surface area contributed by atoms with Gasteiger partial charge in [0.1, 0.15) is 5.69 Å². The molecule has 0 fully saturated rings. The molecule has 0 radical (unpaired) electrons. The van der Waals surface area contributed by atoms with Crippen molar-refractivity contribution in [1.29, 1.82) is 0 Å². The van der Waals surface area contributed by atoms with Gasteiger partial charge in [0.2, 0.25) is 5.78 Å². The molecule has 1 aliphatic rings. The Labute approximate surface area is 222 Å². The Balaban J connectivity index is 1.73. The van der Waals surface area contributed by atoms with Crippen LogP contribution in [0.5, 0.6) is 0 Å². The number of nitro groups is 3. The molecule has 0 saturated carbocycles. The lowest BCUT2D eigenvalue weighted by molar-refractivity contribution is -0.394. The van der Waals surface area contributed by atoms with Crippen LogP contribution in [0, 0.1) is 36.3 Å². The molecule has 16 heteroatoms. The van der Waals surface area contributed by atoms with E-state index in [-0.39, 0.29) is 22.0 Å². The molecular weight excluding hydrogens is 532 g/mol. The van der Waals surface area contributed by atoms with Crippen LogP contribution in [-0.2, 0) is 14.4 Å². The number of nitro benzene ring substituents is 3. The Morgan fingerprint density at radius 3 is 1.95 bits per heavy atom. The van der Waals surface area contributed by atoms with Crippen molar-refractivity contribution in [3.8, 4) is 0 Å². The van der Waals surface area contributed by atoms with Gasteiger partial charge in [-0.3, -0.25) is 49.5 Å². The molecule has 1 atom stereocenters. The van der Waals surface area contributed by atoms with Crippen molar-refractivity contribution in [2.45, 2.75) is 0 Å². The van der Waals surface area contributed by atoms with E-state index in [1.54, 1.807) is 6.07 Å². The van der Waals surface area contributed by atoms with Crippen molar-refractivity contribution in [3.63, 3.8) is 0 Å². The average Bonchev–Trinajstić information content (AvgIpc) is 3.29. The minimum absolute atomic E-state index is 0.160. The van der Waals surface area contributed by atoms with Gasteiger partial charge in [0.15, 0.2) is 5.92 Å². The second-order valence-electron chi connectivity index (χ2n) is 8.08. The summed E-state index contributed by atoms with van der Waals surface area (Å²) >= 11 is 0. The molecule has 3 aromatic rings. The summed E-state index contributed by atoms with van der Waals surface area (Å²) in [5, 5.41) is 39.9. The van der Waals surface area contributed by atoms with E-state index in [2.05, 4.69) is 10.4 Å². The molecule has 1 N–H and O–H groups in total. The van der Waals surface area contributed by atoms with E-state index < -0.39 is 66.8 Å². The van der Waals surface area contributed by atoms with Gasteiger partial charge >= 0.3 is 0 Å². The molecule has 0 aliphatic carbocycles. The number of benzene rings is 3. The summed E-state index contributed by atoms with van der Waals surface area (Å²) in [5.74, 6) is -7.47. The summed E-state index contributed by atoms with van der Waals surface area (Å²) in [4.78, 5) is 83.6. The van der Waals surface area contributed by atoms with Crippen LogP contribution in [0.25, 0.3) is 0 Å². The van der Waals surface area contributed by atoms with Crippen LogP contribution in [0.4, 0.5) is 22.7 Å². The number of carbonyl (C=O) groups excluding carboxylic acids is 4. The number of hydrogen-bond donors (Lipinski definition) is 1. The normalized spacial score (nSPS) is 14.3. The second kappa shape index (κ2) is 10.7. The van der Waals surface area contributed by atoms with Crippen LogP contribution < -0.4 is 5.32 Å². The molecule has 4 rings (SSSR count). The van der Waals surface area contributed by atoms with Crippen LogP contribution in [0.15, 0.2) is 77.9 Å². The first-order valence-corrected chi connectivity index (χ1v) is 11.0. The fraction of sp³-hybridized carbons (Fsp3) is 0.0417. The lowest BCUT2D eigenvalue weighted by atomic mass is 9.92. The van der Waals surface area contributed by atoms with Crippen molar-refractivity contribution in [1.82, 2.24) is 5.01 Å². The molecule has 0 saturated heterocycles. The van der Waals surface area contributed by atoms with Crippen molar-refractivity contribution in [2.24, 2.45) is 11.0 Å². The van der Waals surface area contributed by atoms with E-state index >= 15 is 0 Å². The highest BCUT2D eigenvalue weighted by Crippen LogP contribution is 2.29. The molecule has 1 aliphatic heterocycles. The predicted molar refractivity (Wildman–Crippen MR) is 134 cm³/mol. The van der Waals surface area contributed by atoms with E-state index in [0.29, 0.717) is 18.2 Å². The third-order valence-corrected chi connectivity index (χ3v) is 5.60. The maximum atomic E-state index is 13.3. The Bertz CT molecular complexity index is 1620. The highest BCUT2D eigenvalue weighted by molar-refractivity contribution is 6.51. The predicted octanol–water partition coefficient (Wildman–Crippen LogP) is 2.62. The molecule has 0 spiro atoms. The molecule has 0 bridgehead atoms. The number of nitrogens with one attached hydrogen (secondary N) is 1. The van der Waals surface area contributed by atoms with E-state index in [0.717, 1.165) is 12.1 Å². The summed E-state index contributed by atoms with van der Waals surface area (Å²) in [5.41, 5.74) is -3.30. The first-order valence-electron chi connectivity index (χ1n) is 11.0. The summed E-state index contributed by atoms with van der Waals surface area (Å²) in [6, 6.07) is 14.4. The largest absolute Gasteiger partial charge is 0.314 e. The van der Waals surface area contributed by atoms with Crippen LogP contribution in [-0.4, -0.2) is 49.0 Å². The van der Waals surface area contributed by atoms with Crippen LogP contribution in [0.1, 0.15) is 15.9 Å². The number of imide groups is 1. The Morgan fingerprint density at radius 2 is 1.38 bits per heavy atom. The zero-order valence-corrected chi connectivity index (χ0v) is 19.8. The Morgan fingerprint density at radius 1 is 0.800 bits per heavy atom. The number of para-hydroxylation sites is 2. The number of carbonyl (C=O) groups is 4. The summed E-state index contributed by atoms with van der Waals surface area (Å²) in [7, 11) is 0. The molecule has 40 heavy (non-hydrogen) atoms. The van der Waals surface area contributed by atoms with E-state index in [1.165, 1.54) is 36.4 Å². The Kier molecular flexibility index (Phi) is 7.16. The number of Topliss-reactive ketones (excluding diaryl/α,β-unsaturated/α-hetero) is 1. The van der Waals surface area contributed by atoms with Gasteiger partial charge in [0.05, 0.1) is 32.1 Å². The number of anilines is 1. The number of ketones is 1. The molecule has 0 aromatic heterocycles. The van der Waals surface area contributed by atoms with Gasteiger partial charge in [-0.1, -0.05) is 42.5 Å². The summed E-state index contributed by atoms with van der Waals surface area (Å²) < 4.78 is 0. The maximum absolute atomic E-state index is 13.3. The van der Waals surface area contributed by atoms with Crippen LogP contribution in [0.3, 0.4) is 0 Å². The van der Waals surface area contributed by atoms with Crippen LogP contribution in [0.2, 0.25) is 0 Å². The molecule has 200 valence electrons. The minimum atomic E-state index is -1.98. The number of hydrogen-bond acceptors (Lipinski definition) is 11. The SMILES string of the molecule is O=C(Nc1ccccc1[N+](=O)[O-])C(=O)[C@H]1C(=O)N(C(=O)c2cc([N+](=O)[O-])cc([N+](=O)[O-])c2)N=C1c1ccccc1. The first kappa shape index (κ1) is 26.9. The van der Waals surface area contributed by atoms with Crippen molar-refractivity contribution < 1.29 is 33.9 Å². The molecule has 3 amide bonds. The van der Waals surface area contributed by atoms with Gasteiger partial charge in [-0.15, -0.1) is 0 Å². The molecule has 16 nitrogen and oxygen atoms in total. The average molecular weight is 546 g/mol. The lowest BCUT2D eigenvalue weighted by Gasteiger charge is -2.13.